The lowest BCUT2D eigenvalue weighted by Crippen LogP contribution is -2.14. The minimum atomic E-state index is -0.543. The van der Waals surface area contributed by atoms with Crippen molar-refractivity contribution in [2.24, 2.45) is 0 Å². The molecule has 4 N–H and O–H groups in total. The van der Waals surface area contributed by atoms with Crippen molar-refractivity contribution < 1.29 is 13.9 Å². The maximum atomic E-state index is 12.9. The zero-order chi connectivity index (χ0) is 15.2. The van der Waals surface area contributed by atoms with Crippen LogP contribution in [0.4, 0.5) is 26.2 Å². The van der Waals surface area contributed by atoms with Crippen LogP contribution in [0.3, 0.4) is 0 Å². The highest BCUT2D eigenvalue weighted by Crippen LogP contribution is 2.24. The minimum absolute atomic E-state index is 0.208. The summed E-state index contributed by atoms with van der Waals surface area (Å²) < 4.78 is 17.7. The third-order valence-electron chi connectivity index (χ3n) is 2.66. The van der Waals surface area contributed by atoms with E-state index in [4.69, 9.17) is 10.5 Å². The molecule has 0 aliphatic carbocycles. The van der Waals surface area contributed by atoms with Gasteiger partial charge in [-0.25, -0.2) is 4.79 Å². The van der Waals surface area contributed by atoms with Crippen molar-refractivity contribution in [1.82, 2.24) is 0 Å². The van der Waals surface area contributed by atoms with E-state index in [1.54, 1.807) is 31.2 Å². The Morgan fingerprint density at radius 3 is 2.81 bits per heavy atom. The number of anilines is 3. The lowest BCUT2D eigenvalue weighted by molar-refractivity contribution is 0.168. The average molecular weight is 309 g/mol. The molecular formula is C14H16FN3O2S. The first-order valence-corrected chi connectivity index (χ1v) is 7.21. The van der Waals surface area contributed by atoms with Crippen LogP contribution >= 0.6 is 11.3 Å². The van der Waals surface area contributed by atoms with Crippen LogP contribution in [0.2, 0.25) is 0 Å². The van der Waals surface area contributed by atoms with Crippen LogP contribution in [0.15, 0.2) is 30.3 Å². The Kier molecular flexibility index (Phi) is 4.99. The highest BCUT2D eigenvalue weighted by molar-refractivity contribution is 7.10. The molecule has 0 spiro atoms. The number of amides is 1. The molecule has 5 nitrogen and oxygen atoms in total. The highest BCUT2D eigenvalue weighted by atomic mass is 32.1. The molecule has 0 aliphatic rings. The smallest absolute Gasteiger partial charge is 0.411 e. The lowest BCUT2D eigenvalue weighted by Gasteiger charge is -2.11. The van der Waals surface area contributed by atoms with Gasteiger partial charge in [0.2, 0.25) is 0 Å². The fourth-order valence-electron chi connectivity index (χ4n) is 1.70. The van der Waals surface area contributed by atoms with Crippen molar-refractivity contribution in [2.45, 2.75) is 13.5 Å². The van der Waals surface area contributed by atoms with E-state index in [-0.39, 0.29) is 5.13 Å². The molecule has 21 heavy (non-hydrogen) atoms. The molecule has 0 atom stereocenters. The molecule has 1 aromatic carbocycles. The van der Waals surface area contributed by atoms with Gasteiger partial charge in [0.15, 0.2) is 5.13 Å². The van der Waals surface area contributed by atoms with E-state index in [9.17, 15) is 9.18 Å². The quantitative estimate of drug-likeness (QED) is 0.737. The van der Waals surface area contributed by atoms with Crippen LogP contribution in [0, 0.1) is 5.13 Å². The number of rotatable bonds is 5. The second kappa shape index (κ2) is 6.94. The molecule has 112 valence electrons. The zero-order valence-corrected chi connectivity index (χ0v) is 12.3. The van der Waals surface area contributed by atoms with Crippen molar-refractivity contribution in [3.63, 3.8) is 0 Å². The molecule has 0 fully saturated rings. The number of hydrogen-bond donors (Lipinski definition) is 3. The summed E-state index contributed by atoms with van der Waals surface area (Å²) in [5.74, 6) is 0. The number of hydrogen-bond acceptors (Lipinski definition) is 5. The molecular weight excluding hydrogens is 293 g/mol. The number of nitrogen functional groups attached to an aromatic ring is 1. The number of carbonyl (C=O) groups is 1. The van der Waals surface area contributed by atoms with E-state index in [1.165, 1.54) is 6.07 Å². The molecule has 0 saturated carbocycles. The number of ether oxygens (including phenoxy) is 1. The Labute approximate surface area is 125 Å². The van der Waals surface area contributed by atoms with Gasteiger partial charge in [-0.3, -0.25) is 5.32 Å². The van der Waals surface area contributed by atoms with Crippen LogP contribution in [-0.4, -0.2) is 12.7 Å². The van der Waals surface area contributed by atoms with Crippen LogP contribution in [-0.2, 0) is 11.3 Å². The van der Waals surface area contributed by atoms with Crippen LogP contribution in [0.1, 0.15) is 11.8 Å². The maximum Gasteiger partial charge on any atom is 0.411 e. The zero-order valence-electron chi connectivity index (χ0n) is 11.5. The van der Waals surface area contributed by atoms with Gasteiger partial charge < -0.3 is 15.8 Å². The van der Waals surface area contributed by atoms with Gasteiger partial charge in [-0.15, -0.1) is 11.3 Å². The van der Waals surface area contributed by atoms with E-state index >= 15 is 0 Å². The van der Waals surface area contributed by atoms with E-state index in [1.807, 2.05) is 0 Å². The van der Waals surface area contributed by atoms with Crippen molar-refractivity contribution in [3.05, 3.63) is 40.3 Å². The predicted molar refractivity (Wildman–Crippen MR) is 83.1 cm³/mol. The van der Waals surface area contributed by atoms with Gasteiger partial charge in [-0.05, 0) is 37.3 Å². The molecule has 0 bridgehead atoms. The fraction of sp³-hybridized carbons (Fsp3) is 0.214. The van der Waals surface area contributed by atoms with Crippen molar-refractivity contribution in [1.29, 1.82) is 0 Å². The number of carbonyl (C=O) groups excluding carboxylic acids is 1. The van der Waals surface area contributed by atoms with Gasteiger partial charge in [0.1, 0.15) is 0 Å². The Bertz CT molecular complexity index is 630. The maximum absolute atomic E-state index is 12.9. The summed E-state index contributed by atoms with van der Waals surface area (Å²) >= 11 is 1.09. The molecule has 2 rings (SSSR count). The van der Waals surface area contributed by atoms with E-state index < -0.39 is 6.09 Å². The third-order valence-corrected chi connectivity index (χ3v) is 3.53. The standard InChI is InChI=1S/C14H16FN3O2S/c1-2-20-14(19)18-12-5-3-9(7-11(12)16)17-8-10-4-6-13(15)21-10/h3-7,17H,2,8,16H2,1H3,(H,18,19). The summed E-state index contributed by atoms with van der Waals surface area (Å²) in [5, 5.41) is 5.49. The van der Waals surface area contributed by atoms with E-state index in [0.29, 0.717) is 24.5 Å². The lowest BCUT2D eigenvalue weighted by atomic mass is 10.2. The Hall–Kier alpha value is -2.28. The third kappa shape index (κ3) is 4.35. The SMILES string of the molecule is CCOC(=O)Nc1ccc(NCc2ccc(F)s2)cc1N. The van der Waals surface area contributed by atoms with Gasteiger partial charge >= 0.3 is 6.09 Å². The fourth-order valence-corrected chi connectivity index (χ4v) is 2.37. The van der Waals surface area contributed by atoms with E-state index in [0.717, 1.165) is 21.9 Å². The van der Waals surface area contributed by atoms with Gasteiger partial charge in [-0.2, -0.15) is 4.39 Å². The number of benzene rings is 1. The van der Waals surface area contributed by atoms with E-state index in [2.05, 4.69) is 10.6 Å². The molecule has 1 heterocycles. The highest BCUT2D eigenvalue weighted by Gasteiger charge is 2.06. The molecule has 2 aromatic rings. The summed E-state index contributed by atoms with van der Waals surface area (Å²) in [5.41, 5.74) is 7.57. The monoisotopic (exact) mass is 309 g/mol. The average Bonchev–Trinajstić information content (AvgIpc) is 2.85. The number of nitrogens with one attached hydrogen (secondary N) is 2. The van der Waals surface area contributed by atoms with Crippen LogP contribution in [0.5, 0.6) is 0 Å². The second-order valence-electron chi connectivity index (χ2n) is 4.21. The Morgan fingerprint density at radius 1 is 1.38 bits per heavy atom. The summed E-state index contributed by atoms with van der Waals surface area (Å²) in [6.07, 6.45) is -0.543. The first kappa shape index (κ1) is 15.1. The minimum Gasteiger partial charge on any atom is -0.450 e. The van der Waals surface area contributed by atoms with Crippen molar-refractivity contribution >= 4 is 34.5 Å². The number of thiophene rings is 1. The van der Waals surface area contributed by atoms with Gasteiger partial charge in [0.25, 0.3) is 0 Å². The van der Waals surface area contributed by atoms with Gasteiger partial charge in [0, 0.05) is 17.1 Å². The molecule has 7 heteroatoms. The Balaban J connectivity index is 1.96. The largest absolute Gasteiger partial charge is 0.450 e. The topological polar surface area (TPSA) is 76.4 Å². The van der Waals surface area contributed by atoms with Crippen molar-refractivity contribution in [3.8, 4) is 0 Å². The predicted octanol–water partition coefficient (Wildman–Crippen LogP) is 3.65. The molecule has 0 unspecified atom stereocenters. The molecule has 0 radical (unpaired) electrons. The van der Waals surface area contributed by atoms with Gasteiger partial charge in [-0.1, -0.05) is 0 Å². The molecule has 1 aromatic heterocycles. The second-order valence-corrected chi connectivity index (χ2v) is 5.33. The Morgan fingerprint density at radius 2 is 2.19 bits per heavy atom. The summed E-state index contributed by atoms with van der Waals surface area (Å²) in [6.45, 7) is 2.53. The normalized spacial score (nSPS) is 10.2. The van der Waals surface area contributed by atoms with Gasteiger partial charge in [0.05, 0.1) is 18.0 Å². The number of nitrogens with two attached hydrogens (primary N) is 1. The molecule has 0 saturated heterocycles. The first-order chi connectivity index (χ1) is 10.1. The summed E-state index contributed by atoms with van der Waals surface area (Å²) in [6, 6.07) is 8.33. The first-order valence-electron chi connectivity index (χ1n) is 6.40. The molecule has 0 aliphatic heterocycles. The number of halogens is 1. The molecule has 1 amide bonds. The summed E-state index contributed by atoms with van der Waals surface area (Å²) in [7, 11) is 0. The van der Waals surface area contributed by atoms with Crippen LogP contribution < -0.4 is 16.4 Å². The summed E-state index contributed by atoms with van der Waals surface area (Å²) in [4.78, 5) is 12.2. The van der Waals surface area contributed by atoms with Crippen LogP contribution in [0.25, 0.3) is 0 Å². The van der Waals surface area contributed by atoms with Crippen molar-refractivity contribution in [2.75, 3.05) is 23.0 Å².